The van der Waals surface area contributed by atoms with Crippen molar-refractivity contribution in [1.29, 1.82) is 0 Å². The molecule has 118 valence electrons. The molecule has 1 amide bonds. The number of hydrogen-bond donors (Lipinski definition) is 2. The molecule has 1 unspecified atom stereocenters. The maximum absolute atomic E-state index is 12.4. The summed E-state index contributed by atoms with van der Waals surface area (Å²) in [5, 5.41) is 2.90. The zero-order valence-corrected chi connectivity index (χ0v) is 14.8. The van der Waals surface area contributed by atoms with Crippen LogP contribution in [0.5, 0.6) is 0 Å². The second-order valence-electron chi connectivity index (χ2n) is 6.27. The van der Waals surface area contributed by atoms with Gasteiger partial charge < -0.3 is 5.32 Å². The first-order valence-corrected chi connectivity index (χ1v) is 8.51. The number of anilines is 1. The lowest BCUT2D eigenvalue weighted by molar-refractivity contribution is -0.115. The zero-order chi connectivity index (χ0) is 16.0. The third-order valence-electron chi connectivity index (χ3n) is 3.75. The van der Waals surface area contributed by atoms with Crippen LogP contribution in [0.4, 0.5) is 5.69 Å². The first-order chi connectivity index (χ1) is 9.88. The highest BCUT2D eigenvalue weighted by Gasteiger charge is 2.19. The summed E-state index contributed by atoms with van der Waals surface area (Å²) in [5.74, 6) is 0.780. The number of benzene rings is 1. The summed E-state index contributed by atoms with van der Waals surface area (Å²) < 4.78 is 0. The van der Waals surface area contributed by atoms with Crippen LogP contribution in [-0.2, 0) is 4.79 Å². The second-order valence-corrected chi connectivity index (χ2v) is 6.89. The summed E-state index contributed by atoms with van der Waals surface area (Å²) in [7, 11) is 0. The van der Waals surface area contributed by atoms with E-state index in [1.165, 1.54) is 11.1 Å². The van der Waals surface area contributed by atoms with Gasteiger partial charge in [0.1, 0.15) is 0 Å². The van der Waals surface area contributed by atoms with Crippen molar-refractivity contribution < 1.29 is 4.79 Å². The molecule has 3 heteroatoms. The molecule has 1 aromatic carbocycles. The fourth-order valence-electron chi connectivity index (χ4n) is 2.43. The van der Waals surface area contributed by atoms with E-state index >= 15 is 0 Å². The molecular weight excluding hydrogens is 278 g/mol. The Kier molecular flexibility index (Phi) is 7.30. The van der Waals surface area contributed by atoms with E-state index in [1.54, 1.807) is 0 Å². The summed E-state index contributed by atoms with van der Waals surface area (Å²) >= 11 is 4.45. The number of thiol groups is 1. The number of amides is 1. The highest BCUT2D eigenvalue weighted by atomic mass is 32.1. The molecule has 0 aliphatic rings. The van der Waals surface area contributed by atoms with Gasteiger partial charge in [0.05, 0.1) is 5.25 Å². The average molecular weight is 308 g/mol. The Hall–Kier alpha value is -0.960. The molecule has 2 nitrogen and oxygen atoms in total. The summed E-state index contributed by atoms with van der Waals surface area (Å²) in [4.78, 5) is 12.4. The predicted octanol–water partition coefficient (Wildman–Crippen LogP) is 5.36. The van der Waals surface area contributed by atoms with Gasteiger partial charge in [0.25, 0.3) is 0 Å². The van der Waals surface area contributed by atoms with Gasteiger partial charge in [0.2, 0.25) is 5.91 Å². The van der Waals surface area contributed by atoms with Crippen LogP contribution >= 0.6 is 12.6 Å². The van der Waals surface area contributed by atoms with Crippen molar-refractivity contribution in [3.63, 3.8) is 0 Å². The van der Waals surface area contributed by atoms with Crippen molar-refractivity contribution in [2.24, 2.45) is 0 Å². The standard InChI is InChI=1S/C18H29NOS/c1-6-7-11-16(21)18(20)19-17-14(12(2)3)9-8-10-15(17)13(4)5/h8-10,12-13,16,21H,6-7,11H2,1-5H3,(H,19,20). The Balaban J connectivity index is 3.02. The minimum Gasteiger partial charge on any atom is -0.325 e. The third-order valence-corrected chi connectivity index (χ3v) is 4.25. The van der Waals surface area contributed by atoms with Gasteiger partial charge in [-0.25, -0.2) is 0 Å². The number of hydrogen-bond acceptors (Lipinski definition) is 2. The molecule has 1 rings (SSSR count). The molecule has 1 atom stereocenters. The number of rotatable bonds is 7. The molecule has 1 aromatic rings. The monoisotopic (exact) mass is 307 g/mol. The molecule has 0 aliphatic heterocycles. The fraction of sp³-hybridized carbons (Fsp3) is 0.611. The number of para-hydroxylation sites is 1. The van der Waals surface area contributed by atoms with Gasteiger partial charge in [-0.05, 0) is 29.4 Å². The van der Waals surface area contributed by atoms with Gasteiger partial charge >= 0.3 is 0 Å². The Morgan fingerprint density at radius 1 is 1.14 bits per heavy atom. The predicted molar refractivity (Wildman–Crippen MR) is 95.5 cm³/mol. The summed E-state index contributed by atoms with van der Waals surface area (Å²) in [6, 6.07) is 6.28. The van der Waals surface area contributed by atoms with Crippen LogP contribution < -0.4 is 5.32 Å². The molecule has 0 aliphatic carbocycles. The van der Waals surface area contributed by atoms with E-state index in [-0.39, 0.29) is 11.2 Å². The normalized spacial score (nSPS) is 12.8. The molecule has 0 spiro atoms. The molecule has 1 N–H and O–H groups in total. The van der Waals surface area contributed by atoms with E-state index in [9.17, 15) is 4.79 Å². The Labute approximate surface area is 135 Å². The van der Waals surface area contributed by atoms with Crippen LogP contribution in [0, 0.1) is 0 Å². The molecule has 0 bridgehead atoms. The number of nitrogens with one attached hydrogen (secondary N) is 1. The molecule has 0 saturated heterocycles. The summed E-state index contributed by atoms with van der Waals surface area (Å²) in [6.45, 7) is 10.8. The summed E-state index contributed by atoms with van der Waals surface area (Å²) in [5.41, 5.74) is 3.39. The molecule has 0 aromatic heterocycles. The van der Waals surface area contributed by atoms with Crippen LogP contribution in [0.2, 0.25) is 0 Å². The molecule has 0 fully saturated rings. The van der Waals surface area contributed by atoms with E-state index in [0.717, 1.165) is 24.9 Å². The van der Waals surface area contributed by atoms with Crippen LogP contribution in [0.15, 0.2) is 18.2 Å². The molecule has 0 radical (unpaired) electrons. The molecular formula is C18H29NOS. The van der Waals surface area contributed by atoms with E-state index in [4.69, 9.17) is 0 Å². The second kappa shape index (κ2) is 8.47. The smallest absolute Gasteiger partial charge is 0.237 e. The van der Waals surface area contributed by atoms with Crippen molar-refractivity contribution in [2.75, 3.05) is 5.32 Å². The molecule has 21 heavy (non-hydrogen) atoms. The number of unbranched alkanes of at least 4 members (excludes halogenated alkanes) is 1. The van der Waals surface area contributed by atoms with Gasteiger partial charge in [-0.3, -0.25) is 4.79 Å². The quantitative estimate of drug-likeness (QED) is 0.652. The first kappa shape index (κ1) is 18.1. The van der Waals surface area contributed by atoms with Crippen molar-refractivity contribution in [1.82, 2.24) is 0 Å². The topological polar surface area (TPSA) is 29.1 Å². The zero-order valence-electron chi connectivity index (χ0n) is 13.9. The molecule has 0 heterocycles. The maximum atomic E-state index is 12.4. The Morgan fingerprint density at radius 2 is 1.67 bits per heavy atom. The number of carbonyl (C=O) groups is 1. The van der Waals surface area contributed by atoms with Gasteiger partial charge in [-0.2, -0.15) is 12.6 Å². The largest absolute Gasteiger partial charge is 0.325 e. The highest BCUT2D eigenvalue weighted by Crippen LogP contribution is 2.32. The van der Waals surface area contributed by atoms with E-state index in [2.05, 4.69) is 70.8 Å². The Bertz CT molecular complexity index is 442. The minimum absolute atomic E-state index is 0.0155. The van der Waals surface area contributed by atoms with Gasteiger partial charge in [-0.15, -0.1) is 0 Å². The highest BCUT2D eigenvalue weighted by molar-refractivity contribution is 7.81. The van der Waals surface area contributed by atoms with E-state index in [0.29, 0.717) is 11.8 Å². The fourth-order valence-corrected chi connectivity index (χ4v) is 2.68. The lowest BCUT2D eigenvalue weighted by atomic mass is 9.92. The van der Waals surface area contributed by atoms with Gasteiger partial charge in [-0.1, -0.05) is 65.7 Å². The van der Waals surface area contributed by atoms with Crippen molar-refractivity contribution in [2.45, 2.75) is 71.0 Å². The van der Waals surface area contributed by atoms with Crippen LogP contribution in [0.3, 0.4) is 0 Å². The number of carbonyl (C=O) groups excluding carboxylic acids is 1. The van der Waals surface area contributed by atoms with Gasteiger partial charge in [0.15, 0.2) is 0 Å². The lowest BCUT2D eigenvalue weighted by Crippen LogP contribution is -2.25. The van der Waals surface area contributed by atoms with Crippen molar-refractivity contribution in [3.05, 3.63) is 29.3 Å². The minimum atomic E-state index is -0.231. The average Bonchev–Trinajstić information content (AvgIpc) is 2.44. The maximum Gasteiger partial charge on any atom is 0.237 e. The van der Waals surface area contributed by atoms with E-state index < -0.39 is 0 Å². The van der Waals surface area contributed by atoms with Crippen LogP contribution in [0.1, 0.15) is 76.8 Å². The van der Waals surface area contributed by atoms with Crippen LogP contribution in [0.25, 0.3) is 0 Å². The van der Waals surface area contributed by atoms with Gasteiger partial charge in [0, 0.05) is 5.69 Å². The van der Waals surface area contributed by atoms with Crippen molar-refractivity contribution >= 4 is 24.2 Å². The lowest BCUT2D eigenvalue weighted by Gasteiger charge is -2.21. The third kappa shape index (κ3) is 5.06. The first-order valence-electron chi connectivity index (χ1n) is 8.00. The SMILES string of the molecule is CCCCC(S)C(=O)Nc1c(C(C)C)cccc1C(C)C. The van der Waals surface area contributed by atoms with E-state index in [1.807, 2.05) is 0 Å². The Morgan fingerprint density at radius 3 is 2.10 bits per heavy atom. The summed E-state index contributed by atoms with van der Waals surface area (Å²) in [6.07, 6.45) is 2.95. The van der Waals surface area contributed by atoms with Crippen molar-refractivity contribution in [3.8, 4) is 0 Å². The molecule has 0 saturated carbocycles. The van der Waals surface area contributed by atoms with Crippen LogP contribution in [-0.4, -0.2) is 11.2 Å².